The lowest BCUT2D eigenvalue weighted by Crippen LogP contribution is -2.31. The minimum atomic E-state index is -4.74. The third kappa shape index (κ3) is 6.58. The molecule has 0 spiro atoms. The fraction of sp³-hybridized carbons (Fsp3) is 0.348. The van der Waals surface area contributed by atoms with Crippen molar-refractivity contribution in [1.29, 1.82) is 0 Å². The van der Waals surface area contributed by atoms with E-state index in [1.54, 1.807) is 24.3 Å². The third-order valence-electron chi connectivity index (χ3n) is 5.42. The predicted octanol–water partition coefficient (Wildman–Crippen LogP) is 4.55. The summed E-state index contributed by atoms with van der Waals surface area (Å²) in [5.74, 6) is 0.0177. The minimum absolute atomic E-state index is 0.219. The molecule has 4 rings (SSSR count). The van der Waals surface area contributed by atoms with Crippen LogP contribution in [0.15, 0.2) is 52.4 Å². The van der Waals surface area contributed by atoms with Gasteiger partial charge in [0.1, 0.15) is 5.75 Å². The smallest absolute Gasteiger partial charge is 0.406 e. The van der Waals surface area contributed by atoms with Gasteiger partial charge in [-0.3, -0.25) is 9.79 Å². The molecule has 2 aromatic rings. The average molecular weight is 477 g/mol. The number of carbonyl (C=O) groups is 1. The zero-order valence-corrected chi connectivity index (χ0v) is 18.7. The summed E-state index contributed by atoms with van der Waals surface area (Å²) in [6.07, 6.45) is -0.841. The van der Waals surface area contributed by atoms with Crippen molar-refractivity contribution in [1.82, 2.24) is 15.2 Å². The second-order valence-corrected chi connectivity index (χ2v) is 9.01. The molecule has 0 radical (unpaired) electrons. The average Bonchev–Trinajstić information content (AvgIpc) is 3.12. The van der Waals surface area contributed by atoms with Gasteiger partial charge in [-0.2, -0.15) is 0 Å². The molecule has 0 saturated carbocycles. The van der Waals surface area contributed by atoms with Gasteiger partial charge in [0.15, 0.2) is 5.17 Å². The zero-order valence-electron chi connectivity index (χ0n) is 17.9. The van der Waals surface area contributed by atoms with Crippen LogP contribution >= 0.6 is 11.8 Å². The number of hydrogen-bond acceptors (Lipinski definition) is 6. The molecule has 174 valence electrons. The van der Waals surface area contributed by atoms with Crippen molar-refractivity contribution in [2.45, 2.75) is 19.2 Å². The Hall–Kier alpha value is -2.85. The van der Waals surface area contributed by atoms with Crippen LogP contribution in [0.2, 0.25) is 0 Å². The number of piperidine rings is 1. The van der Waals surface area contributed by atoms with Crippen LogP contribution in [0, 0.1) is 5.92 Å². The van der Waals surface area contributed by atoms with E-state index in [1.807, 2.05) is 0 Å². The van der Waals surface area contributed by atoms with Crippen molar-refractivity contribution >= 4 is 28.9 Å². The molecule has 0 aliphatic carbocycles. The maximum atomic E-state index is 12.4. The number of carbonyl (C=O) groups excluding carboxylic acids is 1. The molecule has 1 N–H and O–H groups in total. The maximum absolute atomic E-state index is 12.4. The number of benzene rings is 1. The molecule has 0 atom stereocenters. The van der Waals surface area contributed by atoms with Gasteiger partial charge in [-0.15, -0.1) is 13.2 Å². The van der Waals surface area contributed by atoms with Crippen LogP contribution < -0.4 is 10.1 Å². The van der Waals surface area contributed by atoms with Crippen LogP contribution in [-0.2, 0) is 4.79 Å². The van der Waals surface area contributed by atoms with Crippen molar-refractivity contribution < 1.29 is 22.7 Å². The number of ether oxygens (including phenoxy) is 1. The van der Waals surface area contributed by atoms with Gasteiger partial charge in [-0.05, 0) is 93.1 Å². The SMILES string of the molecule is CN1CCC(CN=C2NC(=O)/C(=C\c3cccc(-c4ccc(OC(F)(F)F)cc4)n3)S2)CC1. The number of aromatic nitrogens is 1. The van der Waals surface area contributed by atoms with E-state index < -0.39 is 6.36 Å². The third-order valence-corrected chi connectivity index (χ3v) is 6.36. The van der Waals surface area contributed by atoms with Gasteiger partial charge in [-0.1, -0.05) is 6.07 Å². The van der Waals surface area contributed by atoms with Crippen LogP contribution in [-0.4, -0.2) is 54.0 Å². The normalized spacial score (nSPS) is 20.4. The van der Waals surface area contributed by atoms with E-state index in [-0.39, 0.29) is 11.7 Å². The van der Waals surface area contributed by atoms with Crippen LogP contribution in [0.3, 0.4) is 0 Å². The highest BCUT2D eigenvalue weighted by Gasteiger charge is 2.31. The lowest BCUT2D eigenvalue weighted by Gasteiger charge is -2.27. The predicted molar refractivity (Wildman–Crippen MR) is 123 cm³/mol. The first-order valence-corrected chi connectivity index (χ1v) is 11.3. The number of nitrogens with zero attached hydrogens (tertiary/aromatic N) is 3. The van der Waals surface area contributed by atoms with Crippen molar-refractivity contribution in [3.8, 4) is 17.0 Å². The Morgan fingerprint density at radius 2 is 1.94 bits per heavy atom. The van der Waals surface area contributed by atoms with Crippen LogP contribution in [0.4, 0.5) is 13.2 Å². The summed E-state index contributed by atoms with van der Waals surface area (Å²) in [5.41, 5.74) is 1.77. The molecule has 6 nitrogen and oxygen atoms in total. The number of nitrogens with one attached hydrogen (secondary N) is 1. The van der Waals surface area contributed by atoms with Gasteiger partial charge >= 0.3 is 6.36 Å². The number of hydrogen-bond donors (Lipinski definition) is 1. The van der Waals surface area contributed by atoms with Gasteiger partial charge in [-0.25, -0.2) is 4.98 Å². The maximum Gasteiger partial charge on any atom is 0.573 e. The monoisotopic (exact) mass is 476 g/mol. The highest BCUT2D eigenvalue weighted by atomic mass is 32.2. The van der Waals surface area contributed by atoms with Crippen molar-refractivity contribution in [2.24, 2.45) is 10.9 Å². The second-order valence-electron chi connectivity index (χ2n) is 7.98. The first-order chi connectivity index (χ1) is 15.7. The summed E-state index contributed by atoms with van der Waals surface area (Å²) < 4.78 is 40.9. The van der Waals surface area contributed by atoms with E-state index in [2.05, 4.69) is 32.0 Å². The summed E-state index contributed by atoms with van der Waals surface area (Å²) in [5, 5.41) is 3.40. The van der Waals surface area contributed by atoms with Crippen molar-refractivity contribution in [3.63, 3.8) is 0 Å². The molecular weight excluding hydrogens is 453 g/mol. The first kappa shape index (κ1) is 23.3. The Kier molecular flexibility index (Phi) is 7.04. The molecule has 0 bridgehead atoms. The van der Waals surface area contributed by atoms with Gasteiger partial charge in [0, 0.05) is 12.1 Å². The largest absolute Gasteiger partial charge is 0.573 e. The van der Waals surface area contributed by atoms with Gasteiger partial charge in [0.2, 0.25) is 0 Å². The molecule has 3 heterocycles. The molecular formula is C23H23F3N4O2S. The molecule has 2 aliphatic heterocycles. The fourth-order valence-electron chi connectivity index (χ4n) is 3.61. The number of aliphatic imine (C=N–C) groups is 1. The van der Waals surface area contributed by atoms with E-state index in [1.165, 1.54) is 36.0 Å². The molecule has 0 unspecified atom stereocenters. The summed E-state index contributed by atoms with van der Waals surface area (Å²) >= 11 is 1.29. The van der Waals surface area contributed by atoms with Crippen molar-refractivity contribution in [3.05, 3.63) is 53.1 Å². The van der Waals surface area contributed by atoms with E-state index in [0.29, 0.717) is 39.5 Å². The summed E-state index contributed by atoms with van der Waals surface area (Å²) in [4.78, 5) is 24.3. The Balaban J connectivity index is 1.42. The molecule has 1 aromatic carbocycles. The van der Waals surface area contributed by atoms with Gasteiger partial charge < -0.3 is 15.0 Å². The molecule has 2 aliphatic rings. The van der Waals surface area contributed by atoms with E-state index in [0.717, 1.165) is 25.9 Å². The number of amidine groups is 1. The van der Waals surface area contributed by atoms with Crippen LogP contribution in [0.25, 0.3) is 17.3 Å². The minimum Gasteiger partial charge on any atom is -0.406 e. The van der Waals surface area contributed by atoms with Gasteiger partial charge in [0.05, 0.1) is 16.3 Å². The van der Waals surface area contributed by atoms with Gasteiger partial charge in [0.25, 0.3) is 5.91 Å². The standard InChI is InChI=1S/C23H23F3N4O2S/c1-30-11-9-15(10-12-30)14-27-22-29-21(31)20(33-22)13-17-3-2-4-19(28-17)16-5-7-18(8-6-16)32-23(24,25)26/h2-8,13,15H,9-12,14H2,1H3,(H,27,29,31)/b20-13+. The van der Waals surface area contributed by atoms with E-state index >= 15 is 0 Å². The Bertz CT molecular complexity index is 1060. The summed E-state index contributed by atoms with van der Waals surface area (Å²) in [7, 11) is 2.12. The number of amides is 1. The number of halogens is 3. The van der Waals surface area contributed by atoms with E-state index in [9.17, 15) is 18.0 Å². The van der Waals surface area contributed by atoms with Crippen molar-refractivity contribution in [2.75, 3.05) is 26.7 Å². The quantitative estimate of drug-likeness (QED) is 0.642. The number of rotatable bonds is 5. The molecule has 2 fully saturated rings. The molecule has 1 amide bonds. The Morgan fingerprint density at radius 3 is 2.64 bits per heavy atom. The highest BCUT2D eigenvalue weighted by molar-refractivity contribution is 8.18. The lowest BCUT2D eigenvalue weighted by atomic mass is 9.97. The highest BCUT2D eigenvalue weighted by Crippen LogP contribution is 2.28. The zero-order chi connectivity index (χ0) is 23.4. The second kappa shape index (κ2) is 9.96. The summed E-state index contributed by atoms with van der Waals surface area (Å²) in [6, 6.07) is 10.8. The first-order valence-electron chi connectivity index (χ1n) is 10.5. The summed E-state index contributed by atoms with van der Waals surface area (Å²) in [6.45, 7) is 2.84. The molecule has 1 aromatic heterocycles. The van der Waals surface area contributed by atoms with Crippen LogP contribution in [0.5, 0.6) is 5.75 Å². The number of alkyl halides is 3. The molecule has 33 heavy (non-hydrogen) atoms. The molecule has 2 saturated heterocycles. The fourth-order valence-corrected chi connectivity index (χ4v) is 4.43. The number of pyridine rings is 1. The lowest BCUT2D eigenvalue weighted by molar-refractivity contribution is -0.274. The number of likely N-dealkylation sites (tertiary alicyclic amines) is 1. The molecule has 10 heteroatoms. The van der Waals surface area contributed by atoms with E-state index in [4.69, 9.17) is 0 Å². The number of thioether (sulfide) groups is 1. The Labute approximate surface area is 193 Å². The topological polar surface area (TPSA) is 66.8 Å². The Morgan fingerprint density at radius 1 is 1.21 bits per heavy atom. The van der Waals surface area contributed by atoms with Crippen LogP contribution in [0.1, 0.15) is 18.5 Å².